The molecule has 0 fully saturated rings. The zero-order valence-electron chi connectivity index (χ0n) is 12.0. The van der Waals surface area contributed by atoms with E-state index in [9.17, 15) is 5.11 Å². The summed E-state index contributed by atoms with van der Waals surface area (Å²) in [6.45, 7) is 0.348. The van der Waals surface area contributed by atoms with Crippen molar-refractivity contribution >= 4 is 0 Å². The molecule has 0 aliphatic carbocycles. The predicted octanol–water partition coefficient (Wildman–Crippen LogP) is 3.02. The van der Waals surface area contributed by atoms with Crippen LogP contribution in [0.4, 0.5) is 0 Å². The van der Waals surface area contributed by atoms with Crippen LogP contribution in [-0.2, 0) is 9.47 Å². The van der Waals surface area contributed by atoms with Gasteiger partial charge in [0.1, 0.15) is 17.2 Å². The summed E-state index contributed by atoms with van der Waals surface area (Å²) in [5.41, 5.74) is 1.69. The van der Waals surface area contributed by atoms with E-state index in [-0.39, 0.29) is 19.3 Å². The molecule has 0 aliphatic heterocycles. The van der Waals surface area contributed by atoms with Crippen molar-refractivity contribution < 1.29 is 24.1 Å². The molecule has 0 spiro atoms. The first-order chi connectivity index (χ1) is 10.2. The van der Waals surface area contributed by atoms with Crippen LogP contribution in [0.5, 0.6) is 17.2 Å². The molecule has 0 amide bonds. The van der Waals surface area contributed by atoms with Gasteiger partial charge < -0.3 is 24.1 Å². The van der Waals surface area contributed by atoms with Crippen LogP contribution in [0, 0.1) is 0 Å². The van der Waals surface area contributed by atoms with E-state index in [1.807, 2.05) is 24.3 Å². The number of benzene rings is 2. The summed E-state index contributed by atoms with van der Waals surface area (Å²) in [5.74, 6) is 1.52. The minimum atomic E-state index is 0.146. The Hall–Kier alpha value is -2.24. The highest BCUT2D eigenvalue weighted by atomic mass is 16.7. The van der Waals surface area contributed by atoms with Gasteiger partial charge >= 0.3 is 0 Å². The lowest BCUT2D eigenvalue weighted by Gasteiger charge is -2.12. The standard InChI is InChI=1S/C16H18O5/c1-18-10-20-14-6-3-12(4-7-14)15-9-13(17)5-8-16(15)21-11-19-2/h3-9,17H,10-11H2,1-2H3. The van der Waals surface area contributed by atoms with Crippen molar-refractivity contribution in [2.75, 3.05) is 27.8 Å². The second kappa shape index (κ2) is 7.52. The van der Waals surface area contributed by atoms with Gasteiger partial charge in [0.25, 0.3) is 0 Å². The van der Waals surface area contributed by atoms with Gasteiger partial charge in [0, 0.05) is 19.8 Å². The van der Waals surface area contributed by atoms with Gasteiger partial charge in [-0.25, -0.2) is 0 Å². The second-order valence-electron chi connectivity index (χ2n) is 4.31. The molecule has 1 N–H and O–H groups in total. The fourth-order valence-corrected chi connectivity index (χ4v) is 1.85. The van der Waals surface area contributed by atoms with E-state index in [1.54, 1.807) is 32.4 Å². The molecule has 2 aromatic carbocycles. The highest BCUT2D eigenvalue weighted by molar-refractivity contribution is 5.72. The number of aromatic hydroxyl groups is 1. The lowest BCUT2D eigenvalue weighted by atomic mass is 10.0. The van der Waals surface area contributed by atoms with Crippen molar-refractivity contribution in [3.63, 3.8) is 0 Å². The predicted molar refractivity (Wildman–Crippen MR) is 78.6 cm³/mol. The van der Waals surface area contributed by atoms with Crippen molar-refractivity contribution in [2.45, 2.75) is 0 Å². The van der Waals surface area contributed by atoms with E-state index in [2.05, 4.69) is 0 Å². The van der Waals surface area contributed by atoms with Gasteiger partial charge in [0.2, 0.25) is 0 Å². The lowest BCUT2D eigenvalue weighted by molar-refractivity contribution is 0.0509. The van der Waals surface area contributed by atoms with Crippen molar-refractivity contribution in [3.05, 3.63) is 42.5 Å². The molecule has 21 heavy (non-hydrogen) atoms. The van der Waals surface area contributed by atoms with Crippen LogP contribution >= 0.6 is 0 Å². The number of hydrogen-bond acceptors (Lipinski definition) is 5. The molecule has 0 heterocycles. The molecule has 0 saturated heterocycles. The summed E-state index contributed by atoms with van der Waals surface area (Å²) in [6.07, 6.45) is 0. The molecule has 0 unspecified atom stereocenters. The molecule has 2 aromatic rings. The third-order valence-electron chi connectivity index (χ3n) is 2.80. The second-order valence-corrected chi connectivity index (χ2v) is 4.31. The van der Waals surface area contributed by atoms with E-state index < -0.39 is 0 Å². The maximum atomic E-state index is 9.67. The monoisotopic (exact) mass is 290 g/mol. The number of ether oxygens (including phenoxy) is 4. The number of methoxy groups -OCH3 is 2. The first-order valence-corrected chi connectivity index (χ1v) is 6.41. The SMILES string of the molecule is COCOc1ccc(-c2cc(O)ccc2OCOC)cc1. The molecule has 0 radical (unpaired) electrons. The van der Waals surface area contributed by atoms with Gasteiger partial charge in [0.05, 0.1) is 0 Å². The quantitative estimate of drug-likeness (QED) is 0.794. The molecule has 2 rings (SSSR count). The van der Waals surface area contributed by atoms with E-state index in [1.165, 1.54) is 0 Å². The van der Waals surface area contributed by atoms with Crippen LogP contribution in [0.25, 0.3) is 11.1 Å². The van der Waals surface area contributed by atoms with E-state index in [4.69, 9.17) is 18.9 Å². The Balaban J connectivity index is 2.25. The minimum absolute atomic E-state index is 0.146. The van der Waals surface area contributed by atoms with Crippen LogP contribution in [0.3, 0.4) is 0 Å². The smallest absolute Gasteiger partial charge is 0.188 e. The Morgan fingerprint density at radius 3 is 2.19 bits per heavy atom. The summed E-state index contributed by atoms with van der Waals surface area (Å²) < 4.78 is 20.6. The first-order valence-electron chi connectivity index (χ1n) is 6.41. The molecule has 5 nitrogen and oxygen atoms in total. The Morgan fingerprint density at radius 1 is 0.857 bits per heavy atom. The van der Waals surface area contributed by atoms with Gasteiger partial charge in [-0.05, 0) is 35.9 Å². The van der Waals surface area contributed by atoms with Crippen LogP contribution in [0.2, 0.25) is 0 Å². The summed E-state index contributed by atoms with van der Waals surface area (Å²) in [7, 11) is 3.13. The zero-order valence-corrected chi connectivity index (χ0v) is 12.0. The van der Waals surface area contributed by atoms with Crippen LogP contribution < -0.4 is 9.47 Å². The normalized spacial score (nSPS) is 10.4. The van der Waals surface area contributed by atoms with E-state index >= 15 is 0 Å². The number of phenolic OH excluding ortho intramolecular Hbond substituents is 1. The average Bonchev–Trinajstić information content (AvgIpc) is 2.52. The number of rotatable bonds is 7. The maximum Gasteiger partial charge on any atom is 0.188 e. The Labute approximate surface area is 123 Å². The fraction of sp³-hybridized carbons (Fsp3) is 0.250. The fourth-order valence-electron chi connectivity index (χ4n) is 1.85. The van der Waals surface area contributed by atoms with Gasteiger partial charge in [-0.1, -0.05) is 12.1 Å². The molecule has 0 bridgehead atoms. The summed E-state index contributed by atoms with van der Waals surface area (Å²) in [5, 5.41) is 9.67. The molecule has 5 heteroatoms. The third kappa shape index (κ3) is 4.11. The molecule has 0 aliphatic rings. The summed E-state index contributed by atoms with van der Waals surface area (Å²) in [4.78, 5) is 0. The topological polar surface area (TPSA) is 57.2 Å². The highest BCUT2D eigenvalue weighted by Gasteiger charge is 2.08. The number of phenols is 1. The van der Waals surface area contributed by atoms with Crippen molar-refractivity contribution in [1.82, 2.24) is 0 Å². The maximum absolute atomic E-state index is 9.67. The molecular weight excluding hydrogens is 272 g/mol. The van der Waals surface area contributed by atoms with E-state index in [0.717, 1.165) is 11.1 Å². The Morgan fingerprint density at radius 2 is 1.52 bits per heavy atom. The van der Waals surface area contributed by atoms with Crippen LogP contribution in [0.15, 0.2) is 42.5 Å². The molecule has 0 atom stereocenters. The van der Waals surface area contributed by atoms with Crippen LogP contribution in [0.1, 0.15) is 0 Å². The average molecular weight is 290 g/mol. The number of hydrogen-bond donors (Lipinski definition) is 1. The van der Waals surface area contributed by atoms with Gasteiger partial charge in [-0.3, -0.25) is 0 Å². The van der Waals surface area contributed by atoms with Crippen molar-refractivity contribution in [2.24, 2.45) is 0 Å². The molecule has 0 aromatic heterocycles. The van der Waals surface area contributed by atoms with Gasteiger partial charge in [0.15, 0.2) is 13.6 Å². The Bertz CT molecular complexity index is 565. The largest absolute Gasteiger partial charge is 0.508 e. The molecular formula is C16H18O5. The third-order valence-corrected chi connectivity index (χ3v) is 2.80. The Kier molecular flexibility index (Phi) is 5.43. The lowest BCUT2D eigenvalue weighted by Crippen LogP contribution is -2.00. The highest BCUT2D eigenvalue weighted by Crippen LogP contribution is 2.34. The van der Waals surface area contributed by atoms with Gasteiger partial charge in [-0.2, -0.15) is 0 Å². The van der Waals surface area contributed by atoms with Crippen molar-refractivity contribution in [3.8, 4) is 28.4 Å². The molecule has 0 saturated carbocycles. The van der Waals surface area contributed by atoms with Crippen molar-refractivity contribution in [1.29, 1.82) is 0 Å². The van der Waals surface area contributed by atoms with Gasteiger partial charge in [-0.15, -0.1) is 0 Å². The minimum Gasteiger partial charge on any atom is -0.508 e. The first kappa shape index (κ1) is 15.2. The summed E-state index contributed by atoms with van der Waals surface area (Å²) >= 11 is 0. The summed E-state index contributed by atoms with van der Waals surface area (Å²) in [6, 6.07) is 12.4. The van der Waals surface area contributed by atoms with E-state index in [0.29, 0.717) is 11.5 Å². The molecule has 112 valence electrons. The van der Waals surface area contributed by atoms with Crippen LogP contribution in [-0.4, -0.2) is 32.9 Å². The zero-order chi connectivity index (χ0) is 15.1.